The molecule has 20 heteroatoms. The third kappa shape index (κ3) is 5.68. The number of hydrogen-bond donors (Lipinski definition) is 6. The number of nitrogens with one attached hydrogen (secondary N) is 1. The van der Waals surface area contributed by atoms with Crippen molar-refractivity contribution in [3.05, 3.63) is 23.0 Å². The van der Waals surface area contributed by atoms with Crippen LogP contribution in [-0.4, -0.2) is 63.0 Å². The van der Waals surface area contributed by atoms with Gasteiger partial charge < -0.3 is 34.4 Å². The second kappa shape index (κ2) is 8.31. The minimum atomic E-state index is -5.65. The Kier molecular flexibility index (Phi) is 6.47. The van der Waals surface area contributed by atoms with E-state index in [1.54, 1.807) is 0 Å². The third-order valence-electron chi connectivity index (χ3n) is 3.70. The molecule has 0 aliphatic carbocycles. The van der Waals surface area contributed by atoms with Crippen LogP contribution < -0.4 is 5.56 Å². The van der Waals surface area contributed by atoms with Gasteiger partial charge in [0.15, 0.2) is 11.2 Å². The zero-order valence-electron chi connectivity index (χ0n) is 14.5. The molecule has 0 bridgehead atoms. The van der Waals surface area contributed by atoms with Crippen molar-refractivity contribution in [3.63, 3.8) is 0 Å². The molecule has 1 aliphatic rings. The molecule has 0 aromatic carbocycles. The molecule has 2 aromatic rings. The fourth-order valence-corrected chi connectivity index (χ4v) is 5.61. The van der Waals surface area contributed by atoms with Gasteiger partial charge in [-0.1, -0.05) is 0 Å². The summed E-state index contributed by atoms with van der Waals surface area (Å²) < 4.78 is 52.1. The quantitative estimate of drug-likeness (QED) is 0.244. The van der Waals surface area contributed by atoms with Crippen LogP contribution >= 0.6 is 23.5 Å². The van der Waals surface area contributed by atoms with E-state index in [2.05, 4.69) is 28.1 Å². The number of nitrogens with zero attached hydrogens (tertiary/aromatic N) is 3. The van der Waals surface area contributed by atoms with Crippen molar-refractivity contribution in [2.24, 2.45) is 0 Å². The number of hydrogen-bond acceptors (Lipinski definition) is 11. The largest absolute Gasteiger partial charge is 0.490 e. The topological polar surface area (TPSA) is 253 Å². The highest BCUT2D eigenvalue weighted by molar-refractivity contribution is 7.66. The number of aromatic amines is 1. The van der Waals surface area contributed by atoms with Gasteiger partial charge in [0, 0.05) is 6.42 Å². The van der Waals surface area contributed by atoms with Crippen LogP contribution in [0.2, 0.25) is 0 Å². The molecule has 6 N–H and O–H groups in total. The summed E-state index contributed by atoms with van der Waals surface area (Å²) in [5, 5.41) is 10.1. The number of rotatable bonds is 8. The minimum absolute atomic E-state index is 0.0207. The Labute approximate surface area is 165 Å². The Bertz CT molecular complexity index is 1130. The van der Waals surface area contributed by atoms with Crippen molar-refractivity contribution in [1.82, 2.24) is 19.5 Å². The van der Waals surface area contributed by atoms with Crippen molar-refractivity contribution >= 4 is 34.6 Å². The number of fused-ring (bicyclic) bond motifs is 1. The second-order valence-corrected chi connectivity index (χ2v) is 10.3. The molecular weight excluding hydrogens is 477 g/mol. The number of aliphatic hydroxyl groups excluding tert-OH is 1. The average Bonchev–Trinajstić information content (AvgIpc) is 3.14. The van der Waals surface area contributed by atoms with E-state index in [-0.39, 0.29) is 17.6 Å². The number of aromatic nitrogens is 4. The first-order chi connectivity index (χ1) is 13.8. The summed E-state index contributed by atoms with van der Waals surface area (Å²) in [6.07, 6.45) is -1.00. The predicted molar refractivity (Wildman–Crippen MR) is 92.5 cm³/mol. The van der Waals surface area contributed by atoms with Crippen LogP contribution in [0, 0.1) is 0 Å². The standard InChI is InChI=1S/C10H15N4O13P3/c15-5-1-7(14-4-13-8-9(14)11-3-12-10(8)16)25-6(5)2-24-29(20,21)27-30(22,23)26-28(17,18)19/h3-7,15H,1-2H2,(H,20,21)(H,22,23)(H,11,12,16)(H2,17,18,19)/t5?,6-,7-/m1/s1. The van der Waals surface area contributed by atoms with Crippen LogP contribution in [0.25, 0.3) is 11.2 Å². The number of aliphatic hydroxyl groups is 1. The highest BCUT2D eigenvalue weighted by Crippen LogP contribution is 2.66. The molecule has 0 spiro atoms. The number of ether oxygens (including phenoxy) is 1. The molecule has 17 nitrogen and oxygen atoms in total. The van der Waals surface area contributed by atoms with Gasteiger partial charge in [-0.2, -0.15) is 8.62 Å². The molecule has 3 heterocycles. The molecular formula is C10H15N4O13P3. The lowest BCUT2D eigenvalue weighted by atomic mass is 10.2. The fourth-order valence-electron chi connectivity index (χ4n) is 2.58. The fraction of sp³-hybridized carbons (Fsp3) is 0.500. The van der Waals surface area contributed by atoms with Crippen molar-refractivity contribution in [2.45, 2.75) is 24.9 Å². The normalized spacial score (nSPS) is 26.5. The van der Waals surface area contributed by atoms with Crippen LogP contribution in [0.5, 0.6) is 0 Å². The van der Waals surface area contributed by atoms with E-state index >= 15 is 0 Å². The minimum Gasteiger partial charge on any atom is -0.390 e. The predicted octanol–water partition coefficient (Wildman–Crippen LogP) is -0.889. The Balaban J connectivity index is 1.64. The van der Waals surface area contributed by atoms with Gasteiger partial charge in [-0.15, -0.1) is 0 Å². The lowest BCUT2D eigenvalue weighted by molar-refractivity contribution is -0.0423. The first-order valence-corrected chi connectivity index (χ1v) is 12.3. The third-order valence-corrected chi connectivity index (χ3v) is 7.50. The van der Waals surface area contributed by atoms with Gasteiger partial charge in [0.2, 0.25) is 0 Å². The van der Waals surface area contributed by atoms with Gasteiger partial charge in [0.05, 0.1) is 25.4 Å². The summed E-state index contributed by atoms with van der Waals surface area (Å²) in [5.74, 6) is 0. The molecule has 30 heavy (non-hydrogen) atoms. The molecule has 168 valence electrons. The summed E-state index contributed by atoms with van der Waals surface area (Å²) >= 11 is 0. The van der Waals surface area contributed by atoms with Crippen LogP contribution in [-0.2, 0) is 31.6 Å². The highest BCUT2D eigenvalue weighted by Gasteiger charge is 2.43. The maximum atomic E-state index is 11.7. The van der Waals surface area contributed by atoms with E-state index in [0.717, 1.165) is 6.33 Å². The van der Waals surface area contributed by atoms with E-state index in [9.17, 15) is 28.5 Å². The first kappa shape index (κ1) is 23.3. The van der Waals surface area contributed by atoms with E-state index in [1.165, 1.54) is 10.9 Å². The van der Waals surface area contributed by atoms with Gasteiger partial charge in [-0.25, -0.2) is 23.7 Å². The van der Waals surface area contributed by atoms with Gasteiger partial charge in [0.1, 0.15) is 12.3 Å². The van der Waals surface area contributed by atoms with E-state index in [0.29, 0.717) is 0 Å². The monoisotopic (exact) mass is 492 g/mol. The zero-order valence-corrected chi connectivity index (χ0v) is 17.2. The maximum Gasteiger partial charge on any atom is 0.490 e. The molecule has 3 unspecified atom stereocenters. The number of phosphoric acid groups is 3. The summed E-state index contributed by atoms with van der Waals surface area (Å²) in [4.78, 5) is 57.4. The van der Waals surface area contributed by atoms with Gasteiger partial charge in [-0.05, 0) is 0 Å². The van der Waals surface area contributed by atoms with Gasteiger partial charge in [-0.3, -0.25) is 13.9 Å². The summed E-state index contributed by atoms with van der Waals surface area (Å²) in [6.45, 7) is -0.817. The Morgan fingerprint density at radius 3 is 2.53 bits per heavy atom. The SMILES string of the molecule is O=c1[nH]cnc2c1ncn2[C@H]1CC(O)[C@@H](COP(=O)(O)OP(=O)(O)OP(=O)(O)O)O1. The lowest BCUT2D eigenvalue weighted by Crippen LogP contribution is -2.26. The van der Waals surface area contributed by atoms with Crippen LogP contribution in [0.15, 0.2) is 17.4 Å². The highest BCUT2D eigenvalue weighted by atomic mass is 31.3. The van der Waals surface area contributed by atoms with Crippen molar-refractivity contribution in [2.75, 3.05) is 6.61 Å². The smallest absolute Gasteiger partial charge is 0.390 e. The van der Waals surface area contributed by atoms with E-state index in [1.807, 2.05) is 0 Å². The van der Waals surface area contributed by atoms with E-state index < -0.39 is 54.1 Å². The Morgan fingerprint density at radius 2 is 1.87 bits per heavy atom. The van der Waals surface area contributed by atoms with Gasteiger partial charge >= 0.3 is 23.5 Å². The Hall–Kier alpha value is -1.32. The molecule has 0 radical (unpaired) electrons. The number of imidazole rings is 1. The summed E-state index contributed by atoms with van der Waals surface area (Å²) in [5.41, 5.74) is -0.321. The van der Waals surface area contributed by atoms with Crippen molar-refractivity contribution in [3.8, 4) is 0 Å². The molecule has 0 amide bonds. The van der Waals surface area contributed by atoms with E-state index in [4.69, 9.17) is 19.4 Å². The van der Waals surface area contributed by atoms with Gasteiger partial charge in [0.25, 0.3) is 5.56 Å². The molecule has 1 saturated heterocycles. The summed E-state index contributed by atoms with van der Waals surface area (Å²) in [7, 11) is -16.5. The zero-order chi connectivity index (χ0) is 22.3. The van der Waals surface area contributed by atoms with Crippen molar-refractivity contribution in [1.29, 1.82) is 0 Å². The van der Waals surface area contributed by atoms with Crippen molar-refractivity contribution < 1.29 is 56.3 Å². The Morgan fingerprint density at radius 1 is 1.17 bits per heavy atom. The molecule has 2 aromatic heterocycles. The number of phosphoric ester groups is 1. The average molecular weight is 492 g/mol. The van der Waals surface area contributed by atoms with Crippen LogP contribution in [0.1, 0.15) is 12.6 Å². The molecule has 5 atom stereocenters. The lowest BCUT2D eigenvalue weighted by Gasteiger charge is -2.19. The first-order valence-electron chi connectivity index (χ1n) is 7.78. The second-order valence-electron chi connectivity index (χ2n) is 5.87. The molecule has 3 rings (SSSR count). The van der Waals surface area contributed by atoms with Crippen LogP contribution in [0.3, 0.4) is 0 Å². The maximum absolute atomic E-state index is 11.7. The molecule has 1 aliphatic heterocycles. The molecule has 1 fully saturated rings. The summed E-state index contributed by atoms with van der Waals surface area (Å²) in [6, 6.07) is 0. The number of H-pyrrole nitrogens is 1. The molecule has 0 saturated carbocycles. The van der Waals surface area contributed by atoms with Crippen LogP contribution in [0.4, 0.5) is 0 Å².